The van der Waals surface area contributed by atoms with Gasteiger partial charge in [0.1, 0.15) is 5.69 Å². The maximum atomic E-state index is 4.12. The van der Waals surface area contributed by atoms with E-state index in [2.05, 4.69) is 15.4 Å². The lowest BCUT2D eigenvalue weighted by Crippen LogP contribution is -2.09. The van der Waals surface area contributed by atoms with Gasteiger partial charge in [-0.2, -0.15) is 5.10 Å². The summed E-state index contributed by atoms with van der Waals surface area (Å²) in [4.78, 5) is 0. The summed E-state index contributed by atoms with van der Waals surface area (Å²) in [5.41, 5.74) is 0.776. The molecular formula is C7H13N5. The van der Waals surface area contributed by atoms with Crippen LogP contribution in [0.25, 0.3) is 0 Å². The molecule has 0 aliphatic carbocycles. The van der Waals surface area contributed by atoms with E-state index in [0.717, 1.165) is 12.2 Å². The van der Waals surface area contributed by atoms with Gasteiger partial charge in [-0.3, -0.25) is 4.68 Å². The smallest absolute Gasteiger partial charge is 0.125 e. The molecule has 0 unspecified atom stereocenters. The second-order valence-electron chi connectivity index (χ2n) is 2.54. The molecule has 1 heterocycles. The molecule has 1 aromatic heterocycles. The number of nitrogens with zero attached hydrogens (tertiary/aromatic N) is 5. The van der Waals surface area contributed by atoms with Crippen molar-refractivity contribution in [3.05, 3.63) is 11.9 Å². The second-order valence-corrected chi connectivity index (χ2v) is 2.54. The molecule has 0 N–H and O–H groups in total. The van der Waals surface area contributed by atoms with Crippen LogP contribution >= 0.6 is 0 Å². The maximum Gasteiger partial charge on any atom is 0.125 e. The lowest BCUT2D eigenvalue weighted by atomic mass is 10.5. The van der Waals surface area contributed by atoms with Crippen molar-refractivity contribution in [1.29, 1.82) is 0 Å². The third kappa shape index (κ3) is 2.34. The van der Waals surface area contributed by atoms with E-state index in [0.29, 0.717) is 0 Å². The fourth-order valence-corrected chi connectivity index (χ4v) is 0.664. The van der Waals surface area contributed by atoms with E-state index >= 15 is 0 Å². The van der Waals surface area contributed by atoms with Gasteiger partial charge >= 0.3 is 0 Å². The number of hydrogen-bond acceptors (Lipinski definition) is 4. The van der Waals surface area contributed by atoms with Crippen LogP contribution in [0.4, 0.5) is 0 Å². The van der Waals surface area contributed by atoms with Crippen LogP contribution in [-0.2, 0) is 7.05 Å². The Balaban J connectivity index is 2.57. The summed E-state index contributed by atoms with van der Waals surface area (Å²) in [5, 5.41) is 13.6. The first-order chi connectivity index (χ1) is 5.72. The molecular weight excluding hydrogens is 154 g/mol. The van der Waals surface area contributed by atoms with Crippen LogP contribution in [0.3, 0.4) is 0 Å². The van der Waals surface area contributed by atoms with Gasteiger partial charge in [-0.1, -0.05) is 5.21 Å². The van der Waals surface area contributed by atoms with Gasteiger partial charge in [0.25, 0.3) is 0 Å². The number of rotatable bonds is 3. The normalized spacial score (nSPS) is 10.9. The summed E-state index contributed by atoms with van der Waals surface area (Å²) in [6.07, 6.45) is 3.50. The summed E-state index contributed by atoms with van der Waals surface area (Å²) in [6, 6.07) is 0. The summed E-state index contributed by atoms with van der Waals surface area (Å²) in [7, 11) is 3.74. The van der Waals surface area contributed by atoms with Gasteiger partial charge in [0, 0.05) is 20.6 Å². The fraction of sp³-hybridized carbons (Fsp3) is 0.571. The number of aryl methyl sites for hydroxylation is 1. The van der Waals surface area contributed by atoms with E-state index < -0.39 is 0 Å². The molecule has 5 heteroatoms. The van der Waals surface area contributed by atoms with Crippen LogP contribution in [0.2, 0.25) is 0 Å². The molecule has 1 rings (SSSR count). The Labute approximate surface area is 71.7 Å². The van der Waals surface area contributed by atoms with E-state index in [1.54, 1.807) is 10.9 Å². The molecule has 0 aliphatic rings. The van der Waals surface area contributed by atoms with Crippen molar-refractivity contribution in [2.75, 3.05) is 13.6 Å². The lowest BCUT2D eigenvalue weighted by Gasteiger charge is -2.06. The summed E-state index contributed by atoms with van der Waals surface area (Å²) in [5.74, 6) is 0. The summed E-state index contributed by atoms with van der Waals surface area (Å²) < 4.78 is 1.65. The third-order valence-electron chi connectivity index (χ3n) is 1.47. The summed E-state index contributed by atoms with van der Waals surface area (Å²) >= 11 is 0. The molecule has 0 bridgehead atoms. The van der Waals surface area contributed by atoms with E-state index in [1.165, 1.54) is 0 Å². The zero-order valence-electron chi connectivity index (χ0n) is 7.60. The minimum Gasteiger partial charge on any atom is -0.300 e. The van der Waals surface area contributed by atoms with Crippen molar-refractivity contribution in [3.63, 3.8) is 0 Å². The SMILES string of the molecule is CCN(C)/N=C/c1cn(C)nn1. The minimum absolute atomic E-state index is 0.776. The van der Waals surface area contributed by atoms with Gasteiger partial charge in [0.05, 0.1) is 12.4 Å². The van der Waals surface area contributed by atoms with Crippen molar-refractivity contribution >= 4 is 6.21 Å². The van der Waals surface area contributed by atoms with Crippen LogP contribution < -0.4 is 0 Å². The molecule has 0 aliphatic heterocycles. The molecule has 5 nitrogen and oxygen atoms in total. The first-order valence-corrected chi connectivity index (χ1v) is 3.84. The average Bonchev–Trinajstić information content (AvgIpc) is 2.47. The van der Waals surface area contributed by atoms with Crippen molar-refractivity contribution < 1.29 is 0 Å². The van der Waals surface area contributed by atoms with Gasteiger partial charge in [0.2, 0.25) is 0 Å². The Morgan fingerprint density at radius 3 is 3.00 bits per heavy atom. The highest BCUT2D eigenvalue weighted by molar-refractivity contribution is 5.75. The molecule has 12 heavy (non-hydrogen) atoms. The highest BCUT2D eigenvalue weighted by Gasteiger charge is 1.92. The Hall–Kier alpha value is -1.39. The summed E-state index contributed by atoms with van der Waals surface area (Å²) in [6.45, 7) is 2.92. The van der Waals surface area contributed by atoms with Crippen molar-refractivity contribution in [1.82, 2.24) is 20.0 Å². The van der Waals surface area contributed by atoms with E-state index in [9.17, 15) is 0 Å². The Morgan fingerprint density at radius 2 is 2.50 bits per heavy atom. The van der Waals surface area contributed by atoms with Gasteiger partial charge < -0.3 is 5.01 Å². The van der Waals surface area contributed by atoms with E-state index in [1.807, 2.05) is 32.2 Å². The van der Waals surface area contributed by atoms with E-state index in [-0.39, 0.29) is 0 Å². The van der Waals surface area contributed by atoms with E-state index in [4.69, 9.17) is 0 Å². The molecule has 1 aromatic rings. The molecule has 0 spiro atoms. The fourth-order valence-electron chi connectivity index (χ4n) is 0.664. The Kier molecular flexibility index (Phi) is 2.79. The average molecular weight is 167 g/mol. The first-order valence-electron chi connectivity index (χ1n) is 3.84. The number of aromatic nitrogens is 3. The highest BCUT2D eigenvalue weighted by Crippen LogP contribution is 1.87. The minimum atomic E-state index is 0.776. The van der Waals surface area contributed by atoms with Crippen LogP contribution in [0.5, 0.6) is 0 Å². The highest BCUT2D eigenvalue weighted by atomic mass is 15.4. The largest absolute Gasteiger partial charge is 0.300 e. The molecule has 0 radical (unpaired) electrons. The zero-order chi connectivity index (χ0) is 8.97. The predicted molar refractivity (Wildman–Crippen MR) is 46.9 cm³/mol. The van der Waals surface area contributed by atoms with Crippen LogP contribution in [0, 0.1) is 0 Å². The van der Waals surface area contributed by atoms with Crippen LogP contribution in [0.1, 0.15) is 12.6 Å². The number of hydrazone groups is 1. The zero-order valence-corrected chi connectivity index (χ0v) is 7.60. The molecule has 0 fully saturated rings. The number of hydrogen-bond donors (Lipinski definition) is 0. The van der Waals surface area contributed by atoms with Gasteiger partial charge in [-0.15, -0.1) is 5.10 Å². The third-order valence-corrected chi connectivity index (χ3v) is 1.47. The molecule has 0 amide bonds. The van der Waals surface area contributed by atoms with Crippen LogP contribution in [-0.4, -0.2) is 39.8 Å². The first kappa shape index (κ1) is 8.70. The molecule has 66 valence electrons. The topological polar surface area (TPSA) is 46.3 Å². The van der Waals surface area contributed by atoms with Gasteiger partial charge in [-0.25, -0.2) is 0 Å². The molecule has 0 saturated carbocycles. The predicted octanol–water partition coefficient (Wildman–Crippen LogP) is 0.101. The maximum absolute atomic E-state index is 4.12. The van der Waals surface area contributed by atoms with Crippen LogP contribution in [0.15, 0.2) is 11.3 Å². The van der Waals surface area contributed by atoms with Crippen molar-refractivity contribution in [2.45, 2.75) is 6.92 Å². The lowest BCUT2D eigenvalue weighted by molar-refractivity contribution is 0.377. The molecule has 0 saturated heterocycles. The van der Waals surface area contributed by atoms with Crippen molar-refractivity contribution in [3.8, 4) is 0 Å². The standard InChI is InChI=1S/C7H13N5/c1-4-11(2)8-5-7-6-12(3)10-9-7/h5-6H,4H2,1-3H3/b8-5+. The second kappa shape index (κ2) is 3.85. The molecule has 0 atom stereocenters. The van der Waals surface area contributed by atoms with Crippen molar-refractivity contribution in [2.24, 2.45) is 12.1 Å². The Bertz CT molecular complexity index is 265. The van der Waals surface area contributed by atoms with Gasteiger partial charge in [-0.05, 0) is 6.92 Å². The molecule has 0 aromatic carbocycles. The monoisotopic (exact) mass is 167 g/mol. The Morgan fingerprint density at radius 1 is 1.75 bits per heavy atom. The quantitative estimate of drug-likeness (QED) is 0.474. The van der Waals surface area contributed by atoms with Gasteiger partial charge in [0.15, 0.2) is 0 Å².